The molecule has 1 saturated heterocycles. The molecule has 1 heterocycles. The summed E-state index contributed by atoms with van der Waals surface area (Å²) >= 11 is 0. The first kappa shape index (κ1) is 9.57. The number of hydrogen-bond donors (Lipinski definition) is 0. The predicted octanol–water partition coefficient (Wildman–Crippen LogP) is 1.49. The highest BCUT2D eigenvalue weighted by molar-refractivity contribution is 5.03. The third-order valence-electron chi connectivity index (χ3n) is 2.11. The molecule has 1 fully saturated rings. The molecule has 1 rings (SSSR count). The van der Waals surface area contributed by atoms with Gasteiger partial charge in [0, 0.05) is 6.92 Å². The average molecular weight is 166 g/mol. The SMILES string of the molecule is [CH]C(CC)C1COC(C)(C#C)O1. The summed E-state index contributed by atoms with van der Waals surface area (Å²) in [5, 5.41) is 0. The maximum absolute atomic E-state index is 5.78. The van der Waals surface area contributed by atoms with Crippen LogP contribution in [0.3, 0.4) is 0 Å². The average Bonchev–Trinajstić information content (AvgIpc) is 2.48. The minimum Gasteiger partial charge on any atom is -0.337 e. The molecule has 0 aromatic rings. The summed E-state index contributed by atoms with van der Waals surface area (Å²) < 4.78 is 10.8. The van der Waals surface area contributed by atoms with Gasteiger partial charge in [-0.3, -0.25) is 0 Å². The quantitative estimate of drug-likeness (QED) is 0.579. The first-order chi connectivity index (χ1) is 5.61. The smallest absolute Gasteiger partial charge is 0.230 e. The Labute approximate surface area is 74.2 Å². The summed E-state index contributed by atoms with van der Waals surface area (Å²) in [6.07, 6.45) is 6.04. The van der Waals surface area contributed by atoms with Crippen LogP contribution in [0.5, 0.6) is 0 Å². The lowest BCUT2D eigenvalue weighted by Gasteiger charge is -2.18. The fourth-order valence-electron chi connectivity index (χ4n) is 1.15. The summed E-state index contributed by atoms with van der Waals surface area (Å²) in [4.78, 5) is 0. The van der Waals surface area contributed by atoms with Crippen LogP contribution in [0.15, 0.2) is 0 Å². The largest absolute Gasteiger partial charge is 0.337 e. The molecule has 0 amide bonds. The zero-order chi connectivity index (χ0) is 9.19. The van der Waals surface area contributed by atoms with Gasteiger partial charge < -0.3 is 9.47 Å². The third-order valence-corrected chi connectivity index (χ3v) is 2.11. The molecule has 12 heavy (non-hydrogen) atoms. The minimum absolute atomic E-state index is 0.0141. The van der Waals surface area contributed by atoms with Crippen LogP contribution in [-0.2, 0) is 9.47 Å². The van der Waals surface area contributed by atoms with Crippen molar-refractivity contribution in [2.75, 3.05) is 6.61 Å². The Morgan fingerprint density at radius 1 is 1.75 bits per heavy atom. The molecule has 2 nitrogen and oxygen atoms in total. The fraction of sp³-hybridized carbons (Fsp3) is 0.700. The van der Waals surface area contributed by atoms with E-state index in [-0.39, 0.29) is 12.0 Å². The van der Waals surface area contributed by atoms with Gasteiger partial charge in [0.2, 0.25) is 5.79 Å². The molecular weight excluding hydrogens is 152 g/mol. The highest BCUT2D eigenvalue weighted by Crippen LogP contribution is 2.27. The van der Waals surface area contributed by atoms with Crippen LogP contribution < -0.4 is 0 Å². The van der Waals surface area contributed by atoms with Crippen LogP contribution >= 0.6 is 0 Å². The first-order valence-electron chi connectivity index (χ1n) is 4.16. The van der Waals surface area contributed by atoms with Gasteiger partial charge >= 0.3 is 0 Å². The second-order valence-corrected chi connectivity index (χ2v) is 3.13. The van der Waals surface area contributed by atoms with E-state index in [1.807, 2.05) is 6.92 Å². The lowest BCUT2D eigenvalue weighted by molar-refractivity contribution is -0.110. The van der Waals surface area contributed by atoms with Crippen molar-refractivity contribution >= 4 is 0 Å². The molecule has 0 aromatic heterocycles. The van der Waals surface area contributed by atoms with Crippen molar-refractivity contribution in [3.05, 3.63) is 6.92 Å². The molecule has 3 unspecified atom stereocenters. The van der Waals surface area contributed by atoms with E-state index in [0.717, 1.165) is 6.42 Å². The Kier molecular flexibility index (Phi) is 2.76. The second-order valence-electron chi connectivity index (χ2n) is 3.13. The molecule has 66 valence electrons. The molecule has 3 atom stereocenters. The summed E-state index contributed by atoms with van der Waals surface area (Å²) in [5.74, 6) is 1.60. The molecule has 0 spiro atoms. The van der Waals surface area contributed by atoms with E-state index < -0.39 is 5.79 Å². The van der Waals surface area contributed by atoms with E-state index in [2.05, 4.69) is 5.92 Å². The van der Waals surface area contributed by atoms with Crippen LogP contribution in [0.2, 0.25) is 0 Å². The Bertz CT molecular complexity index is 195. The highest BCUT2D eigenvalue weighted by atomic mass is 16.7. The van der Waals surface area contributed by atoms with Crippen LogP contribution in [-0.4, -0.2) is 18.5 Å². The van der Waals surface area contributed by atoms with Gasteiger partial charge in [-0.2, -0.15) is 0 Å². The van der Waals surface area contributed by atoms with Gasteiger partial charge in [-0.25, -0.2) is 0 Å². The lowest BCUT2D eigenvalue weighted by Crippen LogP contribution is -2.26. The van der Waals surface area contributed by atoms with Gasteiger partial charge in [-0.05, 0) is 18.8 Å². The Hall–Kier alpha value is -0.520. The highest BCUT2D eigenvalue weighted by Gasteiger charge is 2.37. The van der Waals surface area contributed by atoms with E-state index in [1.54, 1.807) is 6.92 Å². The standard InChI is InChI=1S/C10H14O2/c1-5-8(3)9-7-11-10(4,6-2)12-9/h2-3,8-9H,5,7H2,1,4H3. The monoisotopic (exact) mass is 166 g/mol. The van der Waals surface area contributed by atoms with Gasteiger partial charge in [0.15, 0.2) is 0 Å². The molecule has 0 aromatic carbocycles. The summed E-state index contributed by atoms with van der Waals surface area (Å²) in [7, 11) is 0. The number of hydrogen-bond acceptors (Lipinski definition) is 2. The van der Waals surface area contributed by atoms with E-state index >= 15 is 0 Å². The molecule has 0 N–H and O–H groups in total. The second kappa shape index (κ2) is 3.47. The summed E-state index contributed by atoms with van der Waals surface area (Å²) in [6.45, 7) is 10.0. The molecule has 0 aliphatic carbocycles. The number of terminal acetylenes is 1. The molecule has 0 bridgehead atoms. The van der Waals surface area contributed by atoms with Crippen LogP contribution in [0.1, 0.15) is 20.3 Å². The number of ether oxygens (including phenoxy) is 2. The van der Waals surface area contributed by atoms with E-state index in [1.165, 1.54) is 0 Å². The molecule has 1 aliphatic heterocycles. The van der Waals surface area contributed by atoms with Gasteiger partial charge in [0.1, 0.15) is 0 Å². The number of rotatable bonds is 2. The fourth-order valence-corrected chi connectivity index (χ4v) is 1.15. The van der Waals surface area contributed by atoms with E-state index in [0.29, 0.717) is 6.61 Å². The Morgan fingerprint density at radius 3 is 2.83 bits per heavy atom. The van der Waals surface area contributed by atoms with Crippen LogP contribution in [0.25, 0.3) is 0 Å². The zero-order valence-corrected chi connectivity index (χ0v) is 7.54. The van der Waals surface area contributed by atoms with Crippen molar-refractivity contribution in [2.24, 2.45) is 5.92 Å². The van der Waals surface area contributed by atoms with Gasteiger partial charge in [0.05, 0.1) is 12.7 Å². The van der Waals surface area contributed by atoms with Crippen molar-refractivity contribution in [2.45, 2.75) is 32.2 Å². The van der Waals surface area contributed by atoms with Crippen molar-refractivity contribution in [1.82, 2.24) is 0 Å². The maximum Gasteiger partial charge on any atom is 0.230 e. The normalized spacial score (nSPS) is 37.7. The van der Waals surface area contributed by atoms with Crippen LogP contribution in [0.4, 0.5) is 0 Å². The van der Waals surface area contributed by atoms with Crippen molar-refractivity contribution in [3.63, 3.8) is 0 Å². The maximum atomic E-state index is 5.78. The molecule has 2 radical (unpaired) electrons. The summed E-state index contributed by atoms with van der Waals surface area (Å²) in [5.41, 5.74) is 0. The third kappa shape index (κ3) is 1.80. The Morgan fingerprint density at radius 2 is 2.42 bits per heavy atom. The zero-order valence-electron chi connectivity index (χ0n) is 7.54. The topological polar surface area (TPSA) is 18.5 Å². The van der Waals surface area contributed by atoms with E-state index in [9.17, 15) is 0 Å². The predicted molar refractivity (Wildman–Crippen MR) is 46.1 cm³/mol. The van der Waals surface area contributed by atoms with E-state index in [4.69, 9.17) is 22.8 Å². The van der Waals surface area contributed by atoms with Crippen molar-refractivity contribution in [1.29, 1.82) is 0 Å². The molecular formula is C10H14O2. The van der Waals surface area contributed by atoms with Crippen molar-refractivity contribution < 1.29 is 9.47 Å². The minimum atomic E-state index is -0.864. The van der Waals surface area contributed by atoms with Crippen LogP contribution in [0, 0.1) is 25.2 Å². The molecule has 1 aliphatic rings. The summed E-state index contributed by atoms with van der Waals surface area (Å²) in [6, 6.07) is 0. The van der Waals surface area contributed by atoms with Gasteiger partial charge in [-0.1, -0.05) is 13.3 Å². The molecule has 0 saturated carbocycles. The molecule has 2 heteroatoms. The van der Waals surface area contributed by atoms with Gasteiger partial charge in [-0.15, -0.1) is 6.42 Å². The van der Waals surface area contributed by atoms with Crippen molar-refractivity contribution in [3.8, 4) is 12.3 Å². The Balaban J connectivity index is 2.52. The lowest BCUT2D eigenvalue weighted by atomic mass is 10.0. The first-order valence-corrected chi connectivity index (χ1v) is 4.16. The van der Waals surface area contributed by atoms with Gasteiger partial charge in [0.25, 0.3) is 0 Å².